The average Bonchev–Trinajstić information content (AvgIpc) is 3.25. The Morgan fingerprint density at radius 2 is 1.82 bits per heavy atom. The van der Waals surface area contributed by atoms with Gasteiger partial charge in [-0.15, -0.1) is 11.3 Å². The Kier molecular flexibility index (Phi) is 4.92. The quantitative estimate of drug-likeness (QED) is 0.497. The second kappa shape index (κ2) is 7.52. The lowest BCUT2D eigenvalue weighted by Crippen LogP contribution is -2.25. The molecule has 2 aromatic heterocycles. The molecular weight excluding hydrogens is 385 g/mol. The molecule has 1 amide bonds. The van der Waals surface area contributed by atoms with E-state index in [-0.39, 0.29) is 24.8 Å². The number of hydrogen-bond donors (Lipinski definition) is 1. The first kappa shape index (κ1) is 18.3. The predicted octanol–water partition coefficient (Wildman–Crippen LogP) is 5.10. The molecule has 0 bridgehead atoms. The van der Waals surface area contributed by atoms with Crippen molar-refractivity contribution in [2.24, 2.45) is 0 Å². The van der Waals surface area contributed by atoms with Crippen molar-refractivity contribution in [1.29, 1.82) is 0 Å². The van der Waals surface area contributed by atoms with Crippen LogP contribution in [-0.2, 0) is 13.1 Å². The number of carbonyl (C=O) groups is 1. The topological polar surface area (TPSA) is 34.0 Å². The fourth-order valence-corrected chi connectivity index (χ4v) is 3.90. The van der Waals surface area contributed by atoms with Gasteiger partial charge in [-0.05, 0) is 52.9 Å². The number of thiophene rings is 1. The zero-order valence-electron chi connectivity index (χ0n) is 14.6. The predicted molar refractivity (Wildman–Crippen MR) is 103 cm³/mol. The van der Waals surface area contributed by atoms with Gasteiger partial charge >= 0.3 is 0 Å². The SMILES string of the molecule is O=C(NCc1cccc(F)c1)c1cc2sccc2n1Cc1ccc(F)c(F)c1. The van der Waals surface area contributed by atoms with Crippen LogP contribution in [0.2, 0.25) is 0 Å². The van der Waals surface area contributed by atoms with Gasteiger partial charge in [-0.25, -0.2) is 13.2 Å². The van der Waals surface area contributed by atoms with Crippen LogP contribution in [0, 0.1) is 17.5 Å². The number of rotatable bonds is 5. The summed E-state index contributed by atoms with van der Waals surface area (Å²) in [5.74, 6) is -2.53. The third-order valence-corrected chi connectivity index (χ3v) is 5.28. The van der Waals surface area contributed by atoms with Crippen LogP contribution in [-0.4, -0.2) is 10.5 Å². The van der Waals surface area contributed by atoms with Crippen LogP contribution < -0.4 is 5.32 Å². The normalized spacial score (nSPS) is 11.1. The zero-order valence-corrected chi connectivity index (χ0v) is 15.4. The highest BCUT2D eigenvalue weighted by atomic mass is 32.1. The van der Waals surface area contributed by atoms with Gasteiger partial charge in [-0.2, -0.15) is 0 Å². The lowest BCUT2D eigenvalue weighted by Gasteiger charge is -2.11. The van der Waals surface area contributed by atoms with Gasteiger partial charge in [0.1, 0.15) is 11.5 Å². The Morgan fingerprint density at radius 1 is 0.964 bits per heavy atom. The van der Waals surface area contributed by atoms with Crippen molar-refractivity contribution in [3.05, 3.63) is 94.2 Å². The molecular formula is C21H15F3N2OS. The zero-order chi connectivity index (χ0) is 19.7. The molecule has 0 saturated carbocycles. The standard InChI is InChI=1S/C21H15F3N2OS/c22-15-3-1-2-13(8-15)11-25-21(27)19-10-20-18(6-7-28-20)26(19)12-14-4-5-16(23)17(24)9-14/h1-10H,11-12H2,(H,25,27). The molecule has 0 saturated heterocycles. The minimum Gasteiger partial charge on any atom is -0.347 e. The maximum absolute atomic E-state index is 13.6. The van der Waals surface area contributed by atoms with Gasteiger partial charge in [0.25, 0.3) is 5.91 Å². The summed E-state index contributed by atoms with van der Waals surface area (Å²) in [7, 11) is 0. The van der Waals surface area contributed by atoms with Crippen LogP contribution >= 0.6 is 11.3 Å². The summed E-state index contributed by atoms with van der Waals surface area (Å²) in [6, 6.07) is 13.3. The molecule has 28 heavy (non-hydrogen) atoms. The second-order valence-corrected chi connectivity index (χ2v) is 7.29. The van der Waals surface area contributed by atoms with E-state index in [1.807, 2.05) is 11.4 Å². The van der Waals surface area contributed by atoms with Crippen LogP contribution in [0.25, 0.3) is 10.2 Å². The van der Waals surface area contributed by atoms with E-state index in [0.717, 1.165) is 22.3 Å². The molecule has 2 aromatic carbocycles. The van der Waals surface area contributed by atoms with E-state index in [1.54, 1.807) is 22.8 Å². The van der Waals surface area contributed by atoms with E-state index in [1.165, 1.54) is 29.5 Å². The van der Waals surface area contributed by atoms with Crippen molar-refractivity contribution in [3.8, 4) is 0 Å². The number of nitrogens with zero attached hydrogens (tertiary/aromatic N) is 1. The van der Waals surface area contributed by atoms with Gasteiger partial charge in [-0.3, -0.25) is 4.79 Å². The van der Waals surface area contributed by atoms with E-state index in [4.69, 9.17) is 0 Å². The van der Waals surface area contributed by atoms with Crippen molar-refractivity contribution in [2.75, 3.05) is 0 Å². The van der Waals surface area contributed by atoms with Crippen molar-refractivity contribution < 1.29 is 18.0 Å². The van der Waals surface area contributed by atoms with Crippen LogP contribution in [0.15, 0.2) is 60.0 Å². The van der Waals surface area contributed by atoms with E-state index in [2.05, 4.69) is 5.32 Å². The maximum atomic E-state index is 13.6. The first-order chi connectivity index (χ1) is 13.5. The molecule has 1 N–H and O–H groups in total. The molecule has 0 spiro atoms. The Morgan fingerprint density at radius 3 is 2.61 bits per heavy atom. The van der Waals surface area contributed by atoms with Crippen molar-refractivity contribution in [1.82, 2.24) is 9.88 Å². The van der Waals surface area contributed by atoms with Crippen LogP contribution in [0.5, 0.6) is 0 Å². The van der Waals surface area contributed by atoms with Gasteiger partial charge < -0.3 is 9.88 Å². The highest BCUT2D eigenvalue weighted by Crippen LogP contribution is 2.26. The van der Waals surface area contributed by atoms with Crippen molar-refractivity contribution in [2.45, 2.75) is 13.1 Å². The minimum absolute atomic E-state index is 0.181. The molecule has 0 aliphatic rings. The fraction of sp³-hybridized carbons (Fsp3) is 0.0952. The number of hydrogen-bond acceptors (Lipinski definition) is 2. The Bertz CT molecular complexity index is 1170. The Balaban J connectivity index is 1.61. The number of benzene rings is 2. The minimum atomic E-state index is -0.927. The molecule has 2 heterocycles. The van der Waals surface area contributed by atoms with E-state index in [9.17, 15) is 18.0 Å². The largest absolute Gasteiger partial charge is 0.347 e. The number of aromatic nitrogens is 1. The van der Waals surface area contributed by atoms with Gasteiger partial charge in [0.2, 0.25) is 0 Å². The van der Waals surface area contributed by atoms with Crippen LogP contribution in [0.4, 0.5) is 13.2 Å². The summed E-state index contributed by atoms with van der Waals surface area (Å²) in [4.78, 5) is 12.7. The summed E-state index contributed by atoms with van der Waals surface area (Å²) >= 11 is 1.49. The van der Waals surface area contributed by atoms with Crippen LogP contribution in [0.3, 0.4) is 0 Å². The molecule has 7 heteroatoms. The van der Waals surface area contributed by atoms with E-state index >= 15 is 0 Å². The Hall–Kier alpha value is -3.06. The summed E-state index contributed by atoms with van der Waals surface area (Å²) in [5.41, 5.74) is 2.43. The molecule has 0 aliphatic carbocycles. The third-order valence-electron chi connectivity index (χ3n) is 4.42. The molecule has 3 nitrogen and oxygen atoms in total. The molecule has 0 aliphatic heterocycles. The Labute approximate surface area is 163 Å². The van der Waals surface area contributed by atoms with Crippen molar-refractivity contribution in [3.63, 3.8) is 0 Å². The maximum Gasteiger partial charge on any atom is 0.268 e. The third kappa shape index (κ3) is 3.66. The van der Waals surface area contributed by atoms with Gasteiger partial charge in [-0.1, -0.05) is 18.2 Å². The molecule has 4 aromatic rings. The summed E-state index contributed by atoms with van der Waals surface area (Å²) < 4.78 is 42.8. The number of amides is 1. The van der Waals surface area contributed by atoms with Gasteiger partial charge in [0.15, 0.2) is 11.6 Å². The number of nitrogens with one attached hydrogen (secondary N) is 1. The molecule has 0 atom stereocenters. The van der Waals surface area contributed by atoms with Crippen LogP contribution in [0.1, 0.15) is 21.6 Å². The molecule has 4 rings (SSSR count). The summed E-state index contributed by atoms with van der Waals surface area (Å²) in [6.45, 7) is 0.404. The monoisotopic (exact) mass is 400 g/mol. The lowest BCUT2D eigenvalue weighted by atomic mass is 10.2. The average molecular weight is 400 g/mol. The van der Waals surface area contributed by atoms with Crippen molar-refractivity contribution >= 4 is 27.5 Å². The molecule has 0 fully saturated rings. The van der Waals surface area contributed by atoms with Gasteiger partial charge in [0.05, 0.1) is 10.2 Å². The highest BCUT2D eigenvalue weighted by molar-refractivity contribution is 7.17. The highest BCUT2D eigenvalue weighted by Gasteiger charge is 2.17. The van der Waals surface area contributed by atoms with E-state index in [0.29, 0.717) is 16.8 Å². The number of fused-ring (bicyclic) bond motifs is 1. The van der Waals surface area contributed by atoms with E-state index < -0.39 is 11.6 Å². The first-order valence-corrected chi connectivity index (χ1v) is 9.42. The molecule has 0 unspecified atom stereocenters. The summed E-state index contributed by atoms with van der Waals surface area (Å²) in [5, 5.41) is 4.69. The number of halogens is 3. The second-order valence-electron chi connectivity index (χ2n) is 6.35. The first-order valence-electron chi connectivity index (χ1n) is 8.54. The molecule has 142 valence electrons. The number of carbonyl (C=O) groups excluding carboxylic acids is 1. The van der Waals surface area contributed by atoms with Gasteiger partial charge in [0, 0.05) is 13.1 Å². The summed E-state index contributed by atoms with van der Waals surface area (Å²) in [6.07, 6.45) is 0. The smallest absolute Gasteiger partial charge is 0.268 e. The molecule has 0 radical (unpaired) electrons. The fourth-order valence-electron chi connectivity index (χ4n) is 3.08. The lowest BCUT2D eigenvalue weighted by molar-refractivity contribution is 0.0942.